The van der Waals surface area contributed by atoms with Crippen LogP contribution in [0.1, 0.15) is 48.9 Å². The third-order valence-electron chi connectivity index (χ3n) is 5.67. The highest BCUT2D eigenvalue weighted by atomic mass is 19.1. The van der Waals surface area contributed by atoms with Crippen LogP contribution in [0.15, 0.2) is 24.3 Å². The summed E-state index contributed by atoms with van der Waals surface area (Å²) >= 11 is 0. The first-order chi connectivity index (χ1) is 11.6. The van der Waals surface area contributed by atoms with E-state index in [1.54, 1.807) is 17.0 Å². The zero-order valence-electron chi connectivity index (χ0n) is 13.8. The van der Waals surface area contributed by atoms with Crippen LogP contribution in [0.4, 0.5) is 4.39 Å². The Bertz CT molecular complexity index is 610. The van der Waals surface area contributed by atoms with E-state index in [0.717, 1.165) is 38.5 Å². The number of aliphatic carboxylic acids is 1. The molecule has 1 aromatic rings. The molecule has 0 radical (unpaired) electrons. The number of carbonyl (C=O) groups excluding carboxylic acids is 1. The monoisotopic (exact) mass is 333 g/mol. The van der Waals surface area contributed by atoms with Crippen LogP contribution in [-0.2, 0) is 4.79 Å². The Kier molecular flexibility index (Phi) is 5.17. The van der Waals surface area contributed by atoms with Crippen molar-refractivity contribution >= 4 is 11.9 Å². The molecule has 0 spiro atoms. The van der Waals surface area contributed by atoms with Gasteiger partial charge in [-0.05, 0) is 49.7 Å². The van der Waals surface area contributed by atoms with Crippen molar-refractivity contribution in [2.75, 3.05) is 13.1 Å². The molecule has 4 nitrogen and oxygen atoms in total. The predicted molar refractivity (Wildman–Crippen MR) is 88.1 cm³/mol. The summed E-state index contributed by atoms with van der Waals surface area (Å²) in [6.07, 6.45) is 5.47. The van der Waals surface area contributed by atoms with Crippen LogP contribution in [0.5, 0.6) is 0 Å². The lowest BCUT2D eigenvalue weighted by Gasteiger charge is -2.40. The normalized spacial score (nSPS) is 25.5. The number of carbonyl (C=O) groups is 2. The van der Waals surface area contributed by atoms with Crippen LogP contribution in [0.3, 0.4) is 0 Å². The molecule has 1 saturated carbocycles. The molecule has 0 bridgehead atoms. The van der Waals surface area contributed by atoms with Gasteiger partial charge in [-0.1, -0.05) is 25.0 Å². The van der Waals surface area contributed by atoms with Crippen LogP contribution in [0.2, 0.25) is 0 Å². The largest absolute Gasteiger partial charge is 0.481 e. The van der Waals surface area contributed by atoms with Crippen molar-refractivity contribution < 1.29 is 19.1 Å². The molecule has 2 unspecified atom stereocenters. The minimum atomic E-state index is -0.676. The lowest BCUT2D eigenvalue weighted by Crippen LogP contribution is -2.43. The SMILES string of the molecule is O=C(O)C1CCCCC1C1CCN(C(=O)c2ccccc2F)CC1. The van der Waals surface area contributed by atoms with Gasteiger partial charge >= 0.3 is 5.97 Å². The minimum absolute atomic E-state index is 0.122. The number of nitrogens with zero attached hydrogens (tertiary/aromatic N) is 1. The van der Waals surface area contributed by atoms with Crippen LogP contribution in [-0.4, -0.2) is 35.0 Å². The van der Waals surface area contributed by atoms with Crippen molar-refractivity contribution in [3.05, 3.63) is 35.6 Å². The lowest BCUT2D eigenvalue weighted by atomic mass is 9.69. The summed E-state index contributed by atoms with van der Waals surface area (Å²) in [5.74, 6) is -1.08. The maximum Gasteiger partial charge on any atom is 0.306 e. The molecule has 1 aliphatic carbocycles. The number of halogens is 1. The number of benzene rings is 1. The number of likely N-dealkylation sites (tertiary alicyclic amines) is 1. The maximum atomic E-state index is 13.8. The maximum absolute atomic E-state index is 13.8. The van der Waals surface area contributed by atoms with Crippen molar-refractivity contribution in [3.8, 4) is 0 Å². The van der Waals surface area contributed by atoms with E-state index in [1.807, 2.05) is 0 Å². The molecule has 130 valence electrons. The Balaban J connectivity index is 1.62. The summed E-state index contributed by atoms with van der Waals surface area (Å²) in [7, 11) is 0. The molecular formula is C19H24FNO3. The van der Waals surface area contributed by atoms with Gasteiger partial charge in [-0.15, -0.1) is 0 Å². The van der Waals surface area contributed by atoms with E-state index < -0.39 is 11.8 Å². The third kappa shape index (κ3) is 3.45. The average Bonchev–Trinajstić information content (AvgIpc) is 2.62. The molecule has 2 aliphatic rings. The predicted octanol–water partition coefficient (Wildman–Crippen LogP) is 3.57. The van der Waals surface area contributed by atoms with Crippen molar-refractivity contribution in [1.82, 2.24) is 4.90 Å². The summed E-state index contributed by atoms with van der Waals surface area (Å²) in [5, 5.41) is 9.45. The van der Waals surface area contributed by atoms with Crippen LogP contribution >= 0.6 is 0 Å². The molecule has 1 saturated heterocycles. The number of carboxylic acids is 1. The average molecular weight is 333 g/mol. The van der Waals surface area contributed by atoms with E-state index in [4.69, 9.17) is 0 Å². The third-order valence-corrected chi connectivity index (χ3v) is 5.67. The van der Waals surface area contributed by atoms with Gasteiger partial charge in [-0.2, -0.15) is 0 Å². The second-order valence-electron chi connectivity index (χ2n) is 7.00. The quantitative estimate of drug-likeness (QED) is 0.920. The zero-order chi connectivity index (χ0) is 17.1. The lowest BCUT2D eigenvalue weighted by molar-refractivity contribution is -0.146. The fourth-order valence-electron chi connectivity index (χ4n) is 4.37. The Morgan fingerprint density at radius 3 is 2.38 bits per heavy atom. The Morgan fingerprint density at radius 1 is 1.04 bits per heavy atom. The van der Waals surface area contributed by atoms with E-state index in [9.17, 15) is 19.1 Å². The molecule has 1 aromatic carbocycles. The minimum Gasteiger partial charge on any atom is -0.481 e. The summed E-state index contributed by atoms with van der Waals surface area (Å²) in [6.45, 7) is 1.17. The van der Waals surface area contributed by atoms with E-state index in [2.05, 4.69) is 0 Å². The van der Waals surface area contributed by atoms with Crippen LogP contribution in [0, 0.1) is 23.6 Å². The Morgan fingerprint density at radius 2 is 1.71 bits per heavy atom. The van der Waals surface area contributed by atoms with E-state index in [0.29, 0.717) is 19.0 Å². The highest BCUT2D eigenvalue weighted by Gasteiger charge is 2.38. The first-order valence-corrected chi connectivity index (χ1v) is 8.84. The number of hydrogen-bond acceptors (Lipinski definition) is 2. The second-order valence-corrected chi connectivity index (χ2v) is 7.00. The van der Waals surface area contributed by atoms with E-state index in [1.165, 1.54) is 12.1 Å². The highest BCUT2D eigenvalue weighted by molar-refractivity contribution is 5.94. The zero-order valence-corrected chi connectivity index (χ0v) is 13.8. The first kappa shape index (κ1) is 16.9. The van der Waals surface area contributed by atoms with Gasteiger partial charge in [0.05, 0.1) is 11.5 Å². The molecule has 1 N–H and O–H groups in total. The van der Waals surface area contributed by atoms with Gasteiger partial charge in [0.15, 0.2) is 0 Å². The van der Waals surface area contributed by atoms with Gasteiger partial charge in [-0.3, -0.25) is 9.59 Å². The van der Waals surface area contributed by atoms with Crippen molar-refractivity contribution in [1.29, 1.82) is 0 Å². The smallest absolute Gasteiger partial charge is 0.306 e. The molecule has 5 heteroatoms. The topological polar surface area (TPSA) is 57.6 Å². The molecule has 0 aromatic heterocycles. The fourth-order valence-corrected chi connectivity index (χ4v) is 4.37. The van der Waals surface area contributed by atoms with Gasteiger partial charge in [0.1, 0.15) is 5.82 Å². The van der Waals surface area contributed by atoms with Crippen LogP contribution < -0.4 is 0 Å². The van der Waals surface area contributed by atoms with Gasteiger partial charge in [0, 0.05) is 13.1 Å². The molecular weight excluding hydrogens is 309 g/mol. The number of carboxylic acid groups (broad SMARTS) is 1. The molecule has 24 heavy (non-hydrogen) atoms. The van der Waals surface area contributed by atoms with Gasteiger partial charge in [0.2, 0.25) is 0 Å². The Labute approximate surface area is 141 Å². The van der Waals surface area contributed by atoms with Crippen molar-refractivity contribution in [2.45, 2.75) is 38.5 Å². The fraction of sp³-hybridized carbons (Fsp3) is 0.579. The first-order valence-electron chi connectivity index (χ1n) is 8.84. The number of amides is 1. The molecule has 1 heterocycles. The summed E-state index contributed by atoms with van der Waals surface area (Å²) in [4.78, 5) is 25.7. The number of piperidine rings is 1. The molecule has 3 rings (SSSR count). The number of hydrogen-bond donors (Lipinski definition) is 1. The van der Waals surface area contributed by atoms with Crippen LogP contribution in [0.25, 0.3) is 0 Å². The second kappa shape index (κ2) is 7.32. The molecule has 1 aliphatic heterocycles. The highest BCUT2D eigenvalue weighted by Crippen LogP contribution is 2.40. The van der Waals surface area contributed by atoms with E-state index in [-0.39, 0.29) is 23.3 Å². The molecule has 1 amide bonds. The summed E-state index contributed by atoms with van der Waals surface area (Å²) in [6, 6.07) is 6.07. The summed E-state index contributed by atoms with van der Waals surface area (Å²) in [5.41, 5.74) is 0.122. The van der Waals surface area contributed by atoms with Gasteiger partial charge in [-0.25, -0.2) is 4.39 Å². The molecule has 2 atom stereocenters. The van der Waals surface area contributed by atoms with Gasteiger partial charge in [0.25, 0.3) is 5.91 Å². The summed E-state index contributed by atoms with van der Waals surface area (Å²) < 4.78 is 13.8. The number of rotatable bonds is 3. The van der Waals surface area contributed by atoms with Crippen molar-refractivity contribution in [3.63, 3.8) is 0 Å². The Hall–Kier alpha value is -1.91. The van der Waals surface area contributed by atoms with Gasteiger partial charge < -0.3 is 10.0 Å². The van der Waals surface area contributed by atoms with E-state index >= 15 is 0 Å². The van der Waals surface area contributed by atoms with Crippen molar-refractivity contribution in [2.24, 2.45) is 17.8 Å². The standard InChI is InChI=1S/C19H24FNO3/c20-17-8-4-3-7-16(17)18(22)21-11-9-13(10-12-21)14-5-1-2-6-15(14)19(23)24/h3-4,7-8,13-15H,1-2,5-6,9-12H2,(H,23,24). The molecule has 2 fully saturated rings.